The van der Waals surface area contributed by atoms with Crippen LogP contribution in [0.2, 0.25) is 0 Å². The molecule has 0 spiro atoms. The van der Waals surface area contributed by atoms with Crippen LogP contribution in [0.4, 0.5) is 0 Å². The Morgan fingerprint density at radius 2 is 1.13 bits per heavy atom. The van der Waals surface area contributed by atoms with E-state index < -0.39 is 11.9 Å². The molecule has 0 aliphatic rings. The van der Waals surface area contributed by atoms with Crippen LogP contribution in [0.25, 0.3) is 11.1 Å². The first-order valence-electron chi connectivity index (χ1n) is 21.9. The molecule has 0 amide bonds. The maximum Gasteiger partial charge on any atom is 0.333 e. The number of nitrogens with zero attached hydrogens (tertiary/aromatic N) is 1. The lowest BCUT2D eigenvalue weighted by Crippen LogP contribution is -2.13. The number of carbonyl (C=O) groups excluding carboxylic acids is 2. The van der Waals surface area contributed by atoms with E-state index >= 15 is 0 Å². The molecule has 0 saturated carbocycles. The van der Waals surface area contributed by atoms with E-state index in [2.05, 4.69) is 91.8 Å². The number of hydrogen-bond donors (Lipinski definition) is 0. The van der Waals surface area contributed by atoms with Crippen molar-refractivity contribution in [3.63, 3.8) is 0 Å². The average molecular weight is 818 g/mol. The molecule has 0 fully saturated rings. The molecule has 0 bridgehead atoms. The number of carbonyl (C=O) groups is 2. The Kier molecular flexibility index (Phi) is 21.8. The van der Waals surface area contributed by atoms with E-state index in [9.17, 15) is 9.59 Å². The van der Waals surface area contributed by atoms with Gasteiger partial charge < -0.3 is 23.7 Å². The van der Waals surface area contributed by atoms with Gasteiger partial charge >= 0.3 is 11.9 Å². The summed E-state index contributed by atoms with van der Waals surface area (Å²) in [5.41, 5.74) is 8.12. The van der Waals surface area contributed by atoms with Gasteiger partial charge in [-0.15, -0.1) is 0 Å². The van der Waals surface area contributed by atoms with E-state index in [1.165, 1.54) is 35.1 Å². The molecule has 60 heavy (non-hydrogen) atoms. The first kappa shape index (κ1) is 47.5. The van der Waals surface area contributed by atoms with Gasteiger partial charge in [0.05, 0.1) is 33.0 Å². The minimum Gasteiger partial charge on any atom is -0.494 e. The quantitative estimate of drug-likeness (QED) is 0.0292. The lowest BCUT2D eigenvalue weighted by atomic mass is 9.90. The molecule has 3 aromatic carbocycles. The summed E-state index contributed by atoms with van der Waals surface area (Å²) in [6.45, 7) is 16.3. The van der Waals surface area contributed by atoms with Crippen LogP contribution in [0.3, 0.4) is 0 Å². The van der Waals surface area contributed by atoms with Crippen molar-refractivity contribution >= 4 is 11.9 Å². The van der Waals surface area contributed by atoms with Crippen molar-refractivity contribution in [3.8, 4) is 22.6 Å². The Morgan fingerprint density at radius 1 is 0.583 bits per heavy atom. The Labute approximate surface area is 359 Å². The van der Waals surface area contributed by atoms with Crippen LogP contribution in [-0.4, -0.2) is 56.6 Å². The van der Waals surface area contributed by atoms with E-state index in [0.717, 1.165) is 100 Å². The highest BCUT2D eigenvalue weighted by Gasteiger charge is 2.16. The average Bonchev–Trinajstić information content (AvgIpc) is 3.26. The van der Waals surface area contributed by atoms with Crippen LogP contribution in [0, 0.1) is 0 Å². The Morgan fingerprint density at radius 3 is 1.72 bits per heavy atom. The molecule has 0 saturated heterocycles. The van der Waals surface area contributed by atoms with Gasteiger partial charge in [0, 0.05) is 30.1 Å². The minimum atomic E-state index is -0.401. The summed E-state index contributed by atoms with van der Waals surface area (Å²) in [7, 11) is 0. The first-order chi connectivity index (χ1) is 29.2. The summed E-state index contributed by atoms with van der Waals surface area (Å²) >= 11 is 0. The van der Waals surface area contributed by atoms with Gasteiger partial charge in [-0.05, 0) is 142 Å². The molecule has 1 heterocycles. The molecule has 0 atom stereocenters. The van der Waals surface area contributed by atoms with Crippen LogP contribution in [-0.2, 0) is 43.1 Å². The molecule has 1 aromatic heterocycles. The van der Waals surface area contributed by atoms with Crippen molar-refractivity contribution in [2.75, 3.05) is 39.6 Å². The molecule has 0 aliphatic carbocycles. The highest BCUT2D eigenvalue weighted by atomic mass is 16.5. The molecule has 0 radical (unpaired) electrons. The van der Waals surface area contributed by atoms with Crippen molar-refractivity contribution in [1.82, 2.24) is 4.98 Å². The minimum absolute atomic E-state index is 0.0431. The van der Waals surface area contributed by atoms with Crippen LogP contribution < -0.4 is 9.47 Å². The van der Waals surface area contributed by atoms with Crippen molar-refractivity contribution < 1.29 is 33.3 Å². The standard InChI is InChI=1S/C52H67NO7/c1-6-44-39-49(24-25-50(44)47-22-20-45(21-23-47)46(29-37-59-51(54)40(2)3)30-38-60-52(55)41(4)5)58-35-13-8-7-11-15-42-16-18-43(19-17-42)28-36-56-33-12-9-10-14-34-57-48-26-31-53-32-27-48/h16-27,31-32,39,46H,2,4,6-15,28-30,33-38H2,1,3,5H3. The molecule has 8 nitrogen and oxygen atoms in total. The van der Waals surface area contributed by atoms with Crippen molar-refractivity contribution in [1.29, 1.82) is 0 Å². The van der Waals surface area contributed by atoms with Gasteiger partial charge in [0.15, 0.2) is 0 Å². The van der Waals surface area contributed by atoms with Crippen molar-refractivity contribution in [2.45, 2.75) is 110 Å². The van der Waals surface area contributed by atoms with E-state index in [0.29, 0.717) is 30.6 Å². The molecule has 0 N–H and O–H groups in total. The topological polar surface area (TPSA) is 93.2 Å². The maximum atomic E-state index is 11.9. The number of aryl methyl sites for hydroxylation is 2. The number of benzene rings is 3. The maximum absolute atomic E-state index is 11.9. The zero-order chi connectivity index (χ0) is 42.8. The highest BCUT2D eigenvalue weighted by molar-refractivity contribution is 5.87. The summed E-state index contributed by atoms with van der Waals surface area (Å²) in [6, 6.07) is 27.7. The van der Waals surface area contributed by atoms with Gasteiger partial charge in [-0.2, -0.15) is 0 Å². The third-order valence-electron chi connectivity index (χ3n) is 10.5. The highest BCUT2D eigenvalue weighted by Crippen LogP contribution is 2.31. The summed E-state index contributed by atoms with van der Waals surface area (Å²) in [5, 5.41) is 0. The zero-order valence-corrected chi connectivity index (χ0v) is 36.4. The molecule has 4 aromatic rings. The molecule has 322 valence electrons. The lowest BCUT2D eigenvalue weighted by molar-refractivity contribution is -0.139. The van der Waals surface area contributed by atoms with Gasteiger partial charge in [0.25, 0.3) is 0 Å². The number of hydrogen-bond acceptors (Lipinski definition) is 8. The fraction of sp³-hybridized carbons (Fsp3) is 0.442. The number of rotatable bonds is 30. The SMILES string of the molecule is C=C(C)C(=O)OCCC(CCOC(=O)C(=C)C)c1ccc(-c2ccc(OCCCCCCc3ccc(CCOCCCCCCOc4ccncc4)cc3)cc2CC)cc1. The second kappa shape index (κ2) is 27.5. The molecule has 0 unspecified atom stereocenters. The van der Waals surface area contributed by atoms with Crippen LogP contribution in [0.15, 0.2) is 116 Å². The van der Waals surface area contributed by atoms with Crippen molar-refractivity contribution in [3.05, 3.63) is 138 Å². The van der Waals surface area contributed by atoms with E-state index in [1.807, 2.05) is 12.1 Å². The Bertz CT molecular complexity index is 1840. The summed E-state index contributed by atoms with van der Waals surface area (Å²) in [6.07, 6.45) is 16.7. The summed E-state index contributed by atoms with van der Waals surface area (Å²) in [5.74, 6) is 1.04. The van der Waals surface area contributed by atoms with Crippen LogP contribution in [0.5, 0.6) is 11.5 Å². The second-order valence-electron chi connectivity index (χ2n) is 15.5. The normalized spacial score (nSPS) is 11.0. The van der Waals surface area contributed by atoms with E-state index in [-0.39, 0.29) is 19.1 Å². The van der Waals surface area contributed by atoms with Crippen LogP contribution in [0.1, 0.15) is 113 Å². The zero-order valence-electron chi connectivity index (χ0n) is 36.4. The predicted molar refractivity (Wildman–Crippen MR) is 242 cm³/mol. The Hall–Kier alpha value is -5.21. The molecule has 0 aliphatic heterocycles. The third kappa shape index (κ3) is 18.0. The number of unbranched alkanes of at least 4 members (excludes halogenated alkanes) is 6. The monoisotopic (exact) mass is 817 g/mol. The fourth-order valence-corrected chi connectivity index (χ4v) is 6.90. The van der Waals surface area contributed by atoms with Crippen molar-refractivity contribution in [2.24, 2.45) is 0 Å². The molecule has 4 rings (SSSR count). The molecular weight excluding hydrogens is 751 g/mol. The molecular formula is C52H67NO7. The van der Waals surface area contributed by atoms with Gasteiger partial charge in [-0.3, -0.25) is 4.98 Å². The van der Waals surface area contributed by atoms with Gasteiger partial charge in [0.1, 0.15) is 11.5 Å². The lowest BCUT2D eigenvalue weighted by Gasteiger charge is -2.19. The van der Waals surface area contributed by atoms with E-state index in [1.54, 1.807) is 26.2 Å². The second-order valence-corrected chi connectivity index (χ2v) is 15.5. The fourth-order valence-electron chi connectivity index (χ4n) is 6.90. The number of ether oxygens (including phenoxy) is 5. The first-order valence-corrected chi connectivity index (χ1v) is 21.9. The van der Waals surface area contributed by atoms with E-state index in [4.69, 9.17) is 23.7 Å². The molecule has 8 heteroatoms. The van der Waals surface area contributed by atoms with Gasteiger partial charge in [-0.1, -0.05) is 93.9 Å². The van der Waals surface area contributed by atoms with Gasteiger partial charge in [-0.25, -0.2) is 9.59 Å². The van der Waals surface area contributed by atoms with Gasteiger partial charge in [0.2, 0.25) is 0 Å². The Balaban J connectivity index is 1.09. The number of esters is 2. The van der Waals surface area contributed by atoms with Crippen LogP contribution >= 0.6 is 0 Å². The third-order valence-corrected chi connectivity index (χ3v) is 10.5. The largest absolute Gasteiger partial charge is 0.494 e. The summed E-state index contributed by atoms with van der Waals surface area (Å²) in [4.78, 5) is 27.9. The summed E-state index contributed by atoms with van der Waals surface area (Å²) < 4.78 is 28.6. The number of aromatic nitrogens is 1. The smallest absolute Gasteiger partial charge is 0.333 e. The number of pyridine rings is 1. The predicted octanol–water partition coefficient (Wildman–Crippen LogP) is 11.8.